The topological polar surface area (TPSA) is 48.7 Å². The average molecular weight is 344 g/mol. The van der Waals surface area contributed by atoms with Gasteiger partial charge in [0.1, 0.15) is 22.7 Å². The third-order valence-corrected chi connectivity index (χ3v) is 4.07. The van der Waals surface area contributed by atoms with E-state index in [0.29, 0.717) is 5.75 Å². The minimum atomic E-state index is -0.444. The zero-order valence-corrected chi connectivity index (χ0v) is 14.1. The Morgan fingerprint density at radius 2 is 1.73 bits per heavy atom. The number of rotatable bonds is 4. The van der Waals surface area contributed by atoms with E-state index < -0.39 is 5.97 Å². The number of carbonyl (C=O) groups is 1. The molecule has 0 unspecified atom stereocenters. The second kappa shape index (κ2) is 6.76. The molecular weight excluding hydrogens is 328 g/mol. The van der Waals surface area contributed by atoms with E-state index in [-0.39, 0.29) is 0 Å². The van der Waals surface area contributed by atoms with Crippen molar-refractivity contribution >= 4 is 34.0 Å². The van der Waals surface area contributed by atoms with Gasteiger partial charge >= 0.3 is 5.97 Å². The van der Waals surface area contributed by atoms with Gasteiger partial charge in [0.05, 0.1) is 7.11 Å². The van der Waals surface area contributed by atoms with Crippen LogP contribution < -0.4 is 9.47 Å². The summed E-state index contributed by atoms with van der Waals surface area (Å²) in [5.41, 5.74) is 2.43. The van der Waals surface area contributed by atoms with Gasteiger partial charge in [0.15, 0.2) is 0 Å². The highest BCUT2D eigenvalue weighted by atomic mass is 16.5. The maximum absolute atomic E-state index is 12.1. The minimum absolute atomic E-state index is 0.444. The average Bonchev–Trinajstić information content (AvgIpc) is 3.05. The van der Waals surface area contributed by atoms with E-state index in [1.54, 1.807) is 19.3 Å². The molecule has 0 aliphatic carbocycles. The number of esters is 1. The van der Waals surface area contributed by atoms with E-state index in [9.17, 15) is 4.79 Å². The molecule has 0 bridgehead atoms. The van der Waals surface area contributed by atoms with Gasteiger partial charge in [-0.2, -0.15) is 0 Å². The molecule has 0 aliphatic heterocycles. The molecule has 4 heteroatoms. The molecule has 1 heterocycles. The number of methoxy groups -OCH3 is 1. The van der Waals surface area contributed by atoms with E-state index in [4.69, 9.17) is 13.9 Å². The molecule has 4 rings (SSSR count). The molecule has 128 valence electrons. The normalized spacial score (nSPS) is 11.3. The summed E-state index contributed by atoms with van der Waals surface area (Å²) in [5.74, 6) is 0.766. The zero-order chi connectivity index (χ0) is 17.9. The van der Waals surface area contributed by atoms with Crippen LogP contribution in [0.1, 0.15) is 5.56 Å². The molecule has 0 saturated heterocycles. The first-order chi connectivity index (χ1) is 12.7. The molecule has 0 saturated carbocycles. The monoisotopic (exact) mass is 344 g/mol. The van der Waals surface area contributed by atoms with Gasteiger partial charge in [-0.25, -0.2) is 4.79 Å². The second-order valence-corrected chi connectivity index (χ2v) is 5.79. The summed E-state index contributed by atoms with van der Waals surface area (Å²) in [7, 11) is 1.60. The molecule has 0 atom stereocenters. The Balaban J connectivity index is 1.55. The number of hydrogen-bond acceptors (Lipinski definition) is 4. The molecule has 0 fully saturated rings. The second-order valence-electron chi connectivity index (χ2n) is 5.79. The van der Waals surface area contributed by atoms with E-state index in [1.165, 1.54) is 6.08 Å². The predicted octanol–water partition coefficient (Wildman–Crippen LogP) is 5.21. The Hall–Kier alpha value is -3.53. The van der Waals surface area contributed by atoms with Gasteiger partial charge in [-0.15, -0.1) is 0 Å². The summed E-state index contributed by atoms with van der Waals surface area (Å²) in [6.07, 6.45) is 3.09. The van der Waals surface area contributed by atoms with Crippen molar-refractivity contribution in [3.8, 4) is 11.5 Å². The van der Waals surface area contributed by atoms with Crippen molar-refractivity contribution in [3.05, 3.63) is 78.4 Å². The molecule has 3 aromatic carbocycles. The number of benzene rings is 3. The standard InChI is InChI=1S/C22H16O4/c1-24-16-6-4-5-15(13-16)9-12-22(23)25-17-10-11-21-19(14-17)18-7-2-3-8-20(18)26-21/h2-14H,1H3. The van der Waals surface area contributed by atoms with Crippen LogP contribution in [0.25, 0.3) is 28.0 Å². The number of furan rings is 1. The van der Waals surface area contributed by atoms with Crippen molar-refractivity contribution < 1.29 is 18.7 Å². The molecule has 26 heavy (non-hydrogen) atoms. The first kappa shape index (κ1) is 16.0. The van der Waals surface area contributed by atoms with E-state index in [0.717, 1.165) is 33.3 Å². The van der Waals surface area contributed by atoms with Crippen LogP contribution in [0.5, 0.6) is 11.5 Å². The van der Waals surface area contributed by atoms with Gasteiger partial charge in [0.25, 0.3) is 0 Å². The van der Waals surface area contributed by atoms with Gasteiger partial charge in [0.2, 0.25) is 0 Å². The fourth-order valence-electron chi connectivity index (χ4n) is 2.83. The number of fused-ring (bicyclic) bond motifs is 3. The number of para-hydroxylation sites is 1. The van der Waals surface area contributed by atoms with Gasteiger partial charge in [-0.3, -0.25) is 0 Å². The summed E-state index contributed by atoms with van der Waals surface area (Å²) in [6, 6.07) is 20.6. The predicted molar refractivity (Wildman–Crippen MR) is 101 cm³/mol. The lowest BCUT2D eigenvalue weighted by Gasteiger charge is -2.02. The number of hydrogen-bond donors (Lipinski definition) is 0. The van der Waals surface area contributed by atoms with Crippen LogP contribution in [-0.2, 0) is 4.79 Å². The Morgan fingerprint density at radius 1 is 0.885 bits per heavy atom. The van der Waals surface area contributed by atoms with Crippen molar-refractivity contribution in [3.63, 3.8) is 0 Å². The van der Waals surface area contributed by atoms with Gasteiger partial charge < -0.3 is 13.9 Å². The number of ether oxygens (including phenoxy) is 2. The Bertz CT molecular complexity index is 1120. The van der Waals surface area contributed by atoms with Crippen molar-refractivity contribution in [1.29, 1.82) is 0 Å². The van der Waals surface area contributed by atoms with E-state index in [1.807, 2.05) is 60.7 Å². The minimum Gasteiger partial charge on any atom is -0.497 e. The van der Waals surface area contributed by atoms with Crippen LogP contribution in [0.2, 0.25) is 0 Å². The molecule has 1 aromatic heterocycles. The van der Waals surface area contributed by atoms with Crippen molar-refractivity contribution in [2.24, 2.45) is 0 Å². The lowest BCUT2D eigenvalue weighted by Crippen LogP contribution is -2.03. The SMILES string of the molecule is COc1cccc(C=CC(=O)Oc2ccc3oc4ccccc4c3c2)c1. The van der Waals surface area contributed by atoms with Gasteiger partial charge in [-0.1, -0.05) is 30.3 Å². The van der Waals surface area contributed by atoms with Crippen molar-refractivity contribution in [2.45, 2.75) is 0 Å². The lowest BCUT2D eigenvalue weighted by molar-refractivity contribution is -0.128. The maximum atomic E-state index is 12.1. The zero-order valence-electron chi connectivity index (χ0n) is 14.1. The molecule has 4 nitrogen and oxygen atoms in total. The molecule has 0 radical (unpaired) electrons. The summed E-state index contributed by atoms with van der Waals surface area (Å²) in [6.45, 7) is 0. The van der Waals surface area contributed by atoms with Crippen LogP contribution in [-0.4, -0.2) is 13.1 Å². The maximum Gasteiger partial charge on any atom is 0.336 e. The summed E-state index contributed by atoms with van der Waals surface area (Å²) in [5, 5.41) is 1.91. The molecule has 4 aromatic rings. The highest BCUT2D eigenvalue weighted by Crippen LogP contribution is 2.31. The first-order valence-electron chi connectivity index (χ1n) is 8.18. The van der Waals surface area contributed by atoms with Crippen LogP contribution in [0.4, 0.5) is 0 Å². The highest BCUT2D eigenvalue weighted by Gasteiger charge is 2.08. The largest absolute Gasteiger partial charge is 0.497 e. The van der Waals surface area contributed by atoms with Crippen LogP contribution >= 0.6 is 0 Å². The van der Waals surface area contributed by atoms with Crippen LogP contribution in [0.15, 0.2) is 77.2 Å². The summed E-state index contributed by atoms with van der Waals surface area (Å²) in [4.78, 5) is 12.1. The van der Waals surface area contributed by atoms with E-state index in [2.05, 4.69) is 0 Å². The van der Waals surface area contributed by atoms with Crippen molar-refractivity contribution in [1.82, 2.24) is 0 Å². The molecule has 0 spiro atoms. The first-order valence-corrected chi connectivity index (χ1v) is 8.18. The third-order valence-electron chi connectivity index (χ3n) is 4.07. The summed E-state index contributed by atoms with van der Waals surface area (Å²) >= 11 is 0. The Kier molecular flexibility index (Phi) is 4.15. The van der Waals surface area contributed by atoms with Crippen molar-refractivity contribution in [2.75, 3.05) is 7.11 Å². The van der Waals surface area contributed by atoms with Gasteiger partial charge in [0, 0.05) is 16.8 Å². The fourth-order valence-corrected chi connectivity index (χ4v) is 2.83. The number of carbonyl (C=O) groups excluding carboxylic acids is 1. The fraction of sp³-hybridized carbons (Fsp3) is 0.0455. The Labute approximate surface area is 150 Å². The lowest BCUT2D eigenvalue weighted by atomic mass is 10.1. The summed E-state index contributed by atoms with van der Waals surface area (Å²) < 4.78 is 16.4. The Morgan fingerprint density at radius 3 is 2.62 bits per heavy atom. The van der Waals surface area contributed by atoms with Crippen LogP contribution in [0.3, 0.4) is 0 Å². The van der Waals surface area contributed by atoms with Crippen LogP contribution in [0, 0.1) is 0 Å². The molecule has 0 N–H and O–H groups in total. The third kappa shape index (κ3) is 3.17. The highest BCUT2D eigenvalue weighted by molar-refractivity contribution is 6.05. The van der Waals surface area contributed by atoms with E-state index >= 15 is 0 Å². The molecule has 0 amide bonds. The molecule has 0 aliphatic rings. The van der Waals surface area contributed by atoms with Gasteiger partial charge in [-0.05, 0) is 48.0 Å². The quantitative estimate of drug-likeness (QED) is 0.289. The molecular formula is C22H16O4. The smallest absolute Gasteiger partial charge is 0.336 e.